The molecule has 0 radical (unpaired) electrons. The molecule has 1 aromatic heterocycles. The van der Waals surface area contributed by atoms with Crippen LogP contribution in [0.2, 0.25) is 0 Å². The molecule has 0 aliphatic carbocycles. The Morgan fingerprint density at radius 3 is 2.07 bits per heavy atom. The molecule has 0 spiro atoms. The molecule has 2 N–H and O–H groups in total. The van der Waals surface area contributed by atoms with Crippen LogP contribution in [0.4, 0.5) is 17.2 Å². The lowest BCUT2D eigenvalue weighted by molar-refractivity contribution is 0.100. The monoisotopic (exact) mass is 374 g/mol. The summed E-state index contributed by atoms with van der Waals surface area (Å²) in [6.07, 6.45) is 0. The lowest BCUT2D eigenvalue weighted by atomic mass is 10.1. The summed E-state index contributed by atoms with van der Waals surface area (Å²) in [4.78, 5) is 35.0. The lowest BCUT2D eigenvalue weighted by Gasteiger charge is -2.08. The second kappa shape index (κ2) is 8.22. The topological polar surface area (TPSA) is 101 Å². The van der Waals surface area contributed by atoms with E-state index < -0.39 is 5.91 Å². The maximum Gasteiger partial charge on any atom is 0.276 e. The van der Waals surface area contributed by atoms with Crippen molar-refractivity contribution in [3.63, 3.8) is 0 Å². The van der Waals surface area contributed by atoms with Crippen molar-refractivity contribution in [1.29, 1.82) is 0 Å². The summed E-state index contributed by atoms with van der Waals surface area (Å²) >= 11 is 0. The van der Waals surface area contributed by atoms with E-state index >= 15 is 0 Å². The maximum absolute atomic E-state index is 12.3. The maximum atomic E-state index is 12.3. The zero-order valence-corrected chi connectivity index (χ0v) is 15.4. The largest absolute Gasteiger partial charge is 0.339 e. The number of aromatic nitrogens is 2. The van der Waals surface area contributed by atoms with Crippen LogP contribution in [0.1, 0.15) is 45.1 Å². The minimum atomic E-state index is -0.409. The number of anilines is 3. The molecule has 0 fully saturated rings. The molecule has 1 amide bonds. The van der Waals surface area contributed by atoms with Gasteiger partial charge in [-0.3, -0.25) is 14.4 Å². The number of amides is 1. The summed E-state index contributed by atoms with van der Waals surface area (Å²) in [5.41, 5.74) is 2.57. The van der Waals surface area contributed by atoms with Gasteiger partial charge in [-0.25, -0.2) is 0 Å². The Kier molecular flexibility index (Phi) is 5.55. The van der Waals surface area contributed by atoms with Gasteiger partial charge in [-0.05, 0) is 62.4 Å². The number of hydrogen-bond acceptors (Lipinski definition) is 6. The van der Waals surface area contributed by atoms with Crippen LogP contribution in [0.25, 0.3) is 0 Å². The number of nitrogens with one attached hydrogen (secondary N) is 2. The Morgan fingerprint density at radius 2 is 1.46 bits per heavy atom. The Morgan fingerprint density at radius 1 is 0.750 bits per heavy atom. The van der Waals surface area contributed by atoms with Crippen molar-refractivity contribution in [3.8, 4) is 0 Å². The van der Waals surface area contributed by atoms with E-state index in [2.05, 4.69) is 20.8 Å². The van der Waals surface area contributed by atoms with Crippen molar-refractivity contribution in [2.24, 2.45) is 0 Å². The third-order valence-corrected chi connectivity index (χ3v) is 3.99. The summed E-state index contributed by atoms with van der Waals surface area (Å²) in [7, 11) is 0. The van der Waals surface area contributed by atoms with Crippen LogP contribution < -0.4 is 10.6 Å². The second-order valence-corrected chi connectivity index (χ2v) is 6.15. The van der Waals surface area contributed by atoms with E-state index in [1.54, 1.807) is 60.7 Å². The van der Waals surface area contributed by atoms with Gasteiger partial charge in [0.2, 0.25) is 0 Å². The van der Waals surface area contributed by atoms with Crippen LogP contribution in [0.5, 0.6) is 0 Å². The third-order valence-electron chi connectivity index (χ3n) is 3.99. The highest BCUT2D eigenvalue weighted by Crippen LogP contribution is 2.16. The van der Waals surface area contributed by atoms with Crippen LogP contribution in [0, 0.1) is 0 Å². The van der Waals surface area contributed by atoms with Gasteiger partial charge in [0.05, 0.1) is 0 Å². The number of benzene rings is 2. The van der Waals surface area contributed by atoms with Gasteiger partial charge in [-0.15, -0.1) is 10.2 Å². The predicted octanol–water partition coefficient (Wildman–Crippen LogP) is 3.88. The van der Waals surface area contributed by atoms with Crippen molar-refractivity contribution in [3.05, 3.63) is 77.5 Å². The van der Waals surface area contributed by atoms with Gasteiger partial charge in [0.25, 0.3) is 5.91 Å². The first-order chi connectivity index (χ1) is 13.4. The minimum Gasteiger partial charge on any atom is -0.339 e. The van der Waals surface area contributed by atoms with E-state index in [1.165, 1.54) is 13.8 Å². The Labute approximate surface area is 161 Å². The van der Waals surface area contributed by atoms with E-state index in [9.17, 15) is 14.4 Å². The number of carbonyl (C=O) groups is 3. The van der Waals surface area contributed by atoms with Gasteiger partial charge in [0.1, 0.15) is 0 Å². The quantitative estimate of drug-likeness (QED) is 0.635. The number of nitrogens with zero attached hydrogens (tertiary/aromatic N) is 2. The summed E-state index contributed by atoms with van der Waals surface area (Å²) in [5, 5.41) is 13.7. The average Bonchev–Trinajstić information content (AvgIpc) is 2.69. The number of ketones is 2. The van der Waals surface area contributed by atoms with E-state index in [-0.39, 0.29) is 17.3 Å². The molecule has 2 aromatic carbocycles. The SMILES string of the molecule is CC(=O)c1ccc(NC(=O)c2ccc(Nc3cccc(C(C)=O)c3)nn2)cc1. The predicted molar refractivity (Wildman–Crippen MR) is 106 cm³/mol. The molecule has 0 atom stereocenters. The molecule has 0 unspecified atom stereocenters. The molecule has 3 rings (SSSR count). The molecule has 1 heterocycles. The Hall–Kier alpha value is -3.87. The highest BCUT2D eigenvalue weighted by atomic mass is 16.2. The summed E-state index contributed by atoms with van der Waals surface area (Å²) in [6.45, 7) is 2.98. The molecule has 3 aromatic rings. The molecule has 0 saturated carbocycles. The zero-order valence-electron chi connectivity index (χ0n) is 15.4. The normalized spacial score (nSPS) is 10.2. The van der Waals surface area contributed by atoms with Gasteiger partial charge in [-0.2, -0.15) is 0 Å². The van der Waals surface area contributed by atoms with E-state index in [4.69, 9.17) is 0 Å². The summed E-state index contributed by atoms with van der Waals surface area (Å²) < 4.78 is 0. The van der Waals surface area contributed by atoms with Crippen molar-refractivity contribution in [2.75, 3.05) is 10.6 Å². The standard InChI is InChI=1S/C21H18N4O3/c1-13(26)15-6-8-17(9-7-15)23-21(28)19-10-11-20(25-24-19)22-18-5-3-4-16(12-18)14(2)27/h3-12H,1-2H3,(H,22,25)(H,23,28). The number of rotatable bonds is 6. The first-order valence-electron chi connectivity index (χ1n) is 8.56. The molecule has 0 aliphatic rings. The molecule has 0 aliphatic heterocycles. The smallest absolute Gasteiger partial charge is 0.276 e. The van der Waals surface area contributed by atoms with E-state index in [0.717, 1.165) is 0 Å². The number of hydrogen-bond donors (Lipinski definition) is 2. The Balaban J connectivity index is 1.66. The Bertz CT molecular complexity index is 1030. The van der Waals surface area contributed by atoms with Crippen LogP contribution in [-0.2, 0) is 0 Å². The molecular formula is C21H18N4O3. The fraction of sp³-hybridized carbons (Fsp3) is 0.0952. The first kappa shape index (κ1) is 18.9. The van der Waals surface area contributed by atoms with E-state index in [0.29, 0.717) is 28.3 Å². The third kappa shape index (κ3) is 4.64. The van der Waals surface area contributed by atoms with Crippen molar-refractivity contribution in [1.82, 2.24) is 10.2 Å². The van der Waals surface area contributed by atoms with Crippen LogP contribution in [0.15, 0.2) is 60.7 Å². The van der Waals surface area contributed by atoms with Crippen LogP contribution in [0.3, 0.4) is 0 Å². The van der Waals surface area contributed by atoms with Gasteiger partial charge < -0.3 is 10.6 Å². The average molecular weight is 374 g/mol. The highest BCUT2D eigenvalue weighted by Gasteiger charge is 2.10. The fourth-order valence-electron chi connectivity index (χ4n) is 2.47. The molecule has 140 valence electrons. The van der Waals surface area contributed by atoms with Crippen LogP contribution in [-0.4, -0.2) is 27.7 Å². The first-order valence-corrected chi connectivity index (χ1v) is 8.56. The number of Topliss-reactive ketones (excluding diaryl/α,β-unsaturated/α-hetero) is 2. The number of carbonyl (C=O) groups excluding carboxylic acids is 3. The molecular weight excluding hydrogens is 356 g/mol. The molecule has 0 saturated heterocycles. The van der Waals surface area contributed by atoms with Gasteiger partial charge in [-0.1, -0.05) is 12.1 Å². The van der Waals surface area contributed by atoms with E-state index in [1.807, 2.05) is 0 Å². The molecule has 0 bridgehead atoms. The summed E-state index contributed by atoms with van der Waals surface area (Å²) in [5.74, 6) is -0.0324. The fourth-order valence-corrected chi connectivity index (χ4v) is 2.47. The minimum absolute atomic E-state index is 0.0295. The van der Waals surface area contributed by atoms with Crippen LogP contribution >= 0.6 is 0 Å². The summed E-state index contributed by atoms with van der Waals surface area (Å²) in [6, 6.07) is 16.8. The zero-order chi connectivity index (χ0) is 20.1. The van der Waals surface area contributed by atoms with Gasteiger partial charge in [0.15, 0.2) is 23.1 Å². The second-order valence-electron chi connectivity index (χ2n) is 6.15. The van der Waals surface area contributed by atoms with Gasteiger partial charge in [0, 0.05) is 22.5 Å². The van der Waals surface area contributed by atoms with Gasteiger partial charge >= 0.3 is 0 Å². The molecule has 7 heteroatoms. The van der Waals surface area contributed by atoms with Crippen molar-refractivity contribution >= 4 is 34.7 Å². The molecule has 28 heavy (non-hydrogen) atoms. The molecule has 7 nitrogen and oxygen atoms in total. The lowest BCUT2D eigenvalue weighted by Crippen LogP contribution is -2.14. The van der Waals surface area contributed by atoms with Crippen molar-refractivity contribution in [2.45, 2.75) is 13.8 Å². The van der Waals surface area contributed by atoms with Crippen molar-refractivity contribution < 1.29 is 14.4 Å². The highest BCUT2D eigenvalue weighted by molar-refractivity contribution is 6.03.